The van der Waals surface area contributed by atoms with Gasteiger partial charge in [0.2, 0.25) is 11.8 Å². The van der Waals surface area contributed by atoms with Gasteiger partial charge in [0.1, 0.15) is 5.82 Å². The first-order valence-corrected chi connectivity index (χ1v) is 8.30. The number of hydrogen-bond donors (Lipinski definition) is 1. The van der Waals surface area contributed by atoms with Crippen LogP contribution in [0, 0.1) is 11.7 Å². The number of hydrogen-bond acceptors (Lipinski definition) is 2. The zero-order chi connectivity index (χ0) is 16.8. The summed E-state index contributed by atoms with van der Waals surface area (Å²) < 4.78 is 13.1. The van der Waals surface area contributed by atoms with Crippen LogP contribution in [0.15, 0.2) is 24.3 Å². The minimum absolute atomic E-state index is 0.0281. The fourth-order valence-electron chi connectivity index (χ4n) is 3.04. The molecule has 0 bridgehead atoms. The van der Waals surface area contributed by atoms with Crippen LogP contribution < -0.4 is 5.32 Å². The quantitative estimate of drug-likeness (QED) is 0.907. The first-order chi connectivity index (χ1) is 11.0. The van der Waals surface area contributed by atoms with Gasteiger partial charge >= 0.3 is 0 Å². The van der Waals surface area contributed by atoms with Crippen molar-refractivity contribution in [3.63, 3.8) is 0 Å². The van der Waals surface area contributed by atoms with E-state index in [1.165, 1.54) is 12.1 Å². The molecule has 1 aliphatic heterocycles. The van der Waals surface area contributed by atoms with Crippen LogP contribution in [-0.2, 0) is 9.59 Å². The van der Waals surface area contributed by atoms with Gasteiger partial charge in [-0.2, -0.15) is 0 Å². The second-order valence-electron chi connectivity index (χ2n) is 6.43. The number of rotatable bonds is 5. The van der Waals surface area contributed by atoms with Crippen LogP contribution in [0.25, 0.3) is 0 Å². The smallest absolute Gasteiger partial charge is 0.241 e. The van der Waals surface area contributed by atoms with E-state index in [0.29, 0.717) is 0 Å². The van der Waals surface area contributed by atoms with Crippen LogP contribution in [0.3, 0.4) is 0 Å². The largest absolute Gasteiger partial charge is 0.346 e. The number of benzene rings is 1. The van der Waals surface area contributed by atoms with Crippen molar-refractivity contribution in [3.05, 3.63) is 35.6 Å². The summed E-state index contributed by atoms with van der Waals surface area (Å²) in [4.78, 5) is 26.4. The SMILES string of the molecule is CC(C)C(C(=O)NCC(=O)N1CCCCC1)c1ccc(F)cc1. The molecule has 1 unspecified atom stereocenters. The molecule has 0 radical (unpaired) electrons. The molecule has 1 aliphatic rings. The van der Waals surface area contributed by atoms with Crippen molar-refractivity contribution in [3.8, 4) is 0 Å². The van der Waals surface area contributed by atoms with Gasteiger partial charge in [0, 0.05) is 13.1 Å². The second-order valence-corrected chi connectivity index (χ2v) is 6.43. The lowest BCUT2D eigenvalue weighted by Gasteiger charge is -2.27. The minimum Gasteiger partial charge on any atom is -0.346 e. The van der Waals surface area contributed by atoms with Gasteiger partial charge in [-0.05, 0) is 42.9 Å². The van der Waals surface area contributed by atoms with E-state index >= 15 is 0 Å². The van der Waals surface area contributed by atoms with E-state index in [4.69, 9.17) is 0 Å². The molecule has 126 valence electrons. The minimum atomic E-state index is -0.384. The third-order valence-corrected chi connectivity index (χ3v) is 4.30. The first-order valence-electron chi connectivity index (χ1n) is 8.30. The Morgan fingerprint density at radius 2 is 1.74 bits per heavy atom. The Morgan fingerprint density at radius 1 is 1.13 bits per heavy atom. The Kier molecular flexibility index (Phi) is 6.13. The van der Waals surface area contributed by atoms with Crippen molar-refractivity contribution < 1.29 is 14.0 Å². The Bertz CT molecular complexity index is 536. The van der Waals surface area contributed by atoms with Crippen LogP contribution in [0.2, 0.25) is 0 Å². The summed E-state index contributed by atoms with van der Waals surface area (Å²) in [5.74, 6) is -0.858. The standard InChI is InChI=1S/C18H25FN2O2/c1-13(2)17(14-6-8-15(19)9-7-14)18(23)20-12-16(22)21-10-4-3-5-11-21/h6-9,13,17H,3-5,10-12H2,1-2H3,(H,20,23). The number of nitrogens with zero attached hydrogens (tertiary/aromatic N) is 1. The molecule has 1 aromatic carbocycles. The van der Waals surface area contributed by atoms with Gasteiger partial charge < -0.3 is 10.2 Å². The maximum absolute atomic E-state index is 13.1. The van der Waals surface area contributed by atoms with Crippen molar-refractivity contribution in [1.82, 2.24) is 10.2 Å². The van der Waals surface area contributed by atoms with Gasteiger partial charge in [0.05, 0.1) is 12.5 Å². The van der Waals surface area contributed by atoms with Gasteiger partial charge in [-0.25, -0.2) is 4.39 Å². The van der Waals surface area contributed by atoms with Gasteiger partial charge in [0.15, 0.2) is 0 Å². The average Bonchev–Trinajstić information content (AvgIpc) is 2.55. The van der Waals surface area contributed by atoms with E-state index in [1.54, 1.807) is 12.1 Å². The fraction of sp³-hybridized carbons (Fsp3) is 0.556. The molecule has 4 nitrogen and oxygen atoms in total. The lowest BCUT2D eigenvalue weighted by atomic mass is 9.87. The van der Waals surface area contributed by atoms with Gasteiger partial charge in [-0.3, -0.25) is 9.59 Å². The Labute approximate surface area is 137 Å². The summed E-state index contributed by atoms with van der Waals surface area (Å²) in [6.45, 7) is 5.48. The molecular weight excluding hydrogens is 295 g/mol. The van der Waals surface area contributed by atoms with Gasteiger partial charge in [-0.15, -0.1) is 0 Å². The van der Waals surface area contributed by atoms with Gasteiger partial charge in [0.25, 0.3) is 0 Å². The van der Waals surface area contributed by atoms with E-state index in [0.717, 1.165) is 37.9 Å². The van der Waals surface area contributed by atoms with Gasteiger partial charge in [-0.1, -0.05) is 26.0 Å². The average molecular weight is 320 g/mol. The monoisotopic (exact) mass is 320 g/mol. The number of piperidine rings is 1. The van der Waals surface area contributed by atoms with Crippen molar-refractivity contribution >= 4 is 11.8 Å². The molecule has 0 aromatic heterocycles. The molecule has 0 spiro atoms. The third kappa shape index (κ3) is 4.78. The maximum Gasteiger partial charge on any atom is 0.241 e. The molecule has 1 fully saturated rings. The Hall–Kier alpha value is -1.91. The highest BCUT2D eigenvalue weighted by molar-refractivity contribution is 5.88. The van der Waals surface area contributed by atoms with E-state index in [2.05, 4.69) is 5.32 Å². The molecule has 2 rings (SSSR count). The number of halogens is 1. The molecule has 5 heteroatoms. The van der Waals surface area contributed by atoms with E-state index in [9.17, 15) is 14.0 Å². The number of carbonyl (C=O) groups is 2. The fourth-order valence-corrected chi connectivity index (χ4v) is 3.04. The molecule has 1 aromatic rings. The summed E-state index contributed by atoms with van der Waals surface area (Å²) >= 11 is 0. The molecule has 2 amide bonds. The number of likely N-dealkylation sites (tertiary alicyclic amines) is 1. The van der Waals surface area contributed by atoms with Crippen molar-refractivity contribution in [2.75, 3.05) is 19.6 Å². The number of amides is 2. The molecule has 1 N–H and O–H groups in total. The summed E-state index contributed by atoms with van der Waals surface area (Å²) in [5, 5.41) is 2.75. The zero-order valence-corrected chi connectivity index (χ0v) is 13.8. The van der Waals surface area contributed by atoms with E-state index in [1.807, 2.05) is 18.7 Å². The maximum atomic E-state index is 13.1. The molecule has 1 atom stereocenters. The van der Waals surface area contributed by atoms with E-state index < -0.39 is 0 Å². The topological polar surface area (TPSA) is 49.4 Å². The van der Waals surface area contributed by atoms with Crippen LogP contribution in [0.1, 0.15) is 44.6 Å². The van der Waals surface area contributed by atoms with Crippen molar-refractivity contribution in [1.29, 1.82) is 0 Å². The number of nitrogens with one attached hydrogen (secondary N) is 1. The van der Waals surface area contributed by atoms with E-state index in [-0.39, 0.29) is 36.0 Å². The van der Waals surface area contributed by atoms with Crippen molar-refractivity contribution in [2.24, 2.45) is 5.92 Å². The third-order valence-electron chi connectivity index (χ3n) is 4.30. The molecule has 1 heterocycles. The second kappa shape index (κ2) is 8.09. The molecule has 23 heavy (non-hydrogen) atoms. The predicted molar refractivity (Wildman–Crippen MR) is 87.4 cm³/mol. The Balaban J connectivity index is 1.95. The normalized spacial score (nSPS) is 16.3. The molecule has 1 saturated heterocycles. The van der Waals surface area contributed by atoms with Crippen LogP contribution in [-0.4, -0.2) is 36.3 Å². The van der Waals surface area contributed by atoms with Crippen LogP contribution in [0.4, 0.5) is 4.39 Å². The highest BCUT2D eigenvalue weighted by Gasteiger charge is 2.25. The number of carbonyl (C=O) groups excluding carboxylic acids is 2. The summed E-state index contributed by atoms with van der Waals surface area (Å²) in [6.07, 6.45) is 3.23. The molecule has 0 aliphatic carbocycles. The highest BCUT2D eigenvalue weighted by atomic mass is 19.1. The van der Waals surface area contributed by atoms with Crippen LogP contribution >= 0.6 is 0 Å². The summed E-state index contributed by atoms with van der Waals surface area (Å²) in [7, 11) is 0. The summed E-state index contributed by atoms with van der Waals surface area (Å²) in [6, 6.07) is 5.98. The Morgan fingerprint density at radius 3 is 2.30 bits per heavy atom. The first kappa shape index (κ1) is 17.4. The molecular formula is C18H25FN2O2. The lowest BCUT2D eigenvalue weighted by Crippen LogP contribution is -2.44. The van der Waals surface area contributed by atoms with Crippen LogP contribution in [0.5, 0.6) is 0 Å². The zero-order valence-electron chi connectivity index (χ0n) is 13.8. The molecule has 0 saturated carbocycles. The van der Waals surface area contributed by atoms with Crippen molar-refractivity contribution in [2.45, 2.75) is 39.0 Å². The summed E-state index contributed by atoms with van der Waals surface area (Å²) in [5.41, 5.74) is 0.768. The lowest BCUT2D eigenvalue weighted by molar-refractivity contribution is -0.134. The predicted octanol–water partition coefficient (Wildman–Crippen LogP) is 2.69. The highest BCUT2D eigenvalue weighted by Crippen LogP contribution is 2.24.